The lowest BCUT2D eigenvalue weighted by Crippen LogP contribution is -2.32. The summed E-state index contributed by atoms with van der Waals surface area (Å²) in [4.78, 5) is 14.7. The maximum Gasteiger partial charge on any atom is 0.244 e. The summed E-state index contributed by atoms with van der Waals surface area (Å²) in [6.07, 6.45) is 5.71. The summed E-state index contributed by atoms with van der Waals surface area (Å²) in [5.74, 6) is -0.0830. The maximum absolute atomic E-state index is 12.3. The third-order valence-electron chi connectivity index (χ3n) is 4.98. The SMILES string of the molecule is COCCN1CCCc2ccc(C(C)NC(=O)C=Cc3ccccc3)cc21. The first kappa shape index (κ1) is 19.2. The van der Waals surface area contributed by atoms with Gasteiger partial charge in [-0.15, -0.1) is 0 Å². The van der Waals surface area contributed by atoms with E-state index >= 15 is 0 Å². The monoisotopic (exact) mass is 364 g/mol. The summed E-state index contributed by atoms with van der Waals surface area (Å²) in [5, 5.41) is 3.06. The van der Waals surface area contributed by atoms with Crippen LogP contribution < -0.4 is 10.2 Å². The molecule has 0 aliphatic carbocycles. The normalized spacial score (nSPS) is 14.8. The van der Waals surface area contributed by atoms with Gasteiger partial charge in [-0.05, 0) is 48.6 Å². The van der Waals surface area contributed by atoms with Crippen molar-refractivity contribution in [2.24, 2.45) is 0 Å². The number of rotatable bonds is 7. The van der Waals surface area contributed by atoms with Gasteiger partial charge in [-0.3, -0.25) is 4.79 Å². The number of methoxy groups -OCH3 is 1. The van der Waals surface area contributed by atoms with E-state index in [0.29, 0.717) is 0 Å². The van der Waals surface area contributed by atoms with Crippen molar-refractivity contribution in [3.8, 4) is 0 Å². The Morgan fingerprint density at radius 1 is 1.26 bits per heavy atom. The minimum Gasteiger partial charge on any atom is -0.383 e. The molecule has 0 saturated carbocycles. The minimum atomic E-state index is -0.0830. The number of carbonyl (C=O) groups is 1. The van der Waals surface area contributed by atoms with E-state index in [2.05, 4.69) is 28.4 Å². The number of hydrogen-bond acceptors (Lipinski definition) is 3. The van der Waals surface area contributed by atoms with Gasteiger partial charge in [-0.25, -0.2) is 0 Å². The Bertz CT molecular complexity index is 786. The third kappa shape index (κ3) is 5.20. The number of nitrogens with one attached hydrogen (secondary N) is 1. The average Bonchev–Trinajstić information content (AvgIpc) is 2.71. The molecule has 4 nitrogen and oxygen atoms in total. The second-order valence-electron chi connectivity index (χ2n) is 6.95. The lowest BCUT2D eigenvalue weighted by molar-refractivity contribution is -0.117. The van der Waals surface area contributed by atoms with Crippen LogP contribution in [0.2, 0.25) is 0 Å². The topological polar surface area (TPSA) is 41.6 Å². The molecule has 0 aromatic heterocycles. The molecule has 0 bridgehead atoms. The van der Waals surface area contributed by atoms with Crippen LogP contribution in [0.1, 0.15) is 36.1 Å². The van der Waals surface area contributed by atoms with Crippen LogP contribution in [0.15, 0.2) is 54.6 Å². The number of aryl methyl sites for hydroxylation is 1. The van der Waals surface area contributed by atoms with Crippen LogP contribution in [0.3, 0.4) is 0 Å². The lowest BCUT2D eigenvalue weighted by atomic mass is 9.97. The zero-order valence-electron chi connectivity index (χ0n) is 16.2. The van der Waals surface area contributed by atoms with Gasteiger partial charge in [0.25, 0.3) is 0 Å². The molecule has 1 amide bonds. The van der Waals surface area contributed by atoms with Crippen molar-refractivity contribution in [1.82, 2.24) is 5.32 Å². The predicted octanol–water partition coefficient (Wildman–Crippen LogP) is 3.98. The number of nitrogens with zero attached hydrogens (tertiary/aromatic N) is 1. The smallest absolute Gasteiger partial charge is 0.244 e. The average molecular weight is 364 g/mol. The van der Waals surface area contributed by atoms with Gasteiger partial charge in [0, 0.05) is 32.0 Å². The highest BCUT2D eigenvalue weighted by atomic mass is 16.5. The standard InChI is InChI=1S/C23H28N2O2/c1-18(24-23(26)13-10-19-7-4-3-5-8-19)21-12-11-20-9-6-14-25(15-16-27-2)22(20)17-21/h3-5,7-8,10-13,17-18H,6,9,14-16H2,1-2H3,(H,24,26). The van der Waals surface area contributed by atoms with Crippen LogP contribution in [0.4, 0.5) is 5.69 Å². The summed E-state index contributed by atoms with van der Waals surface area (Å²) in [6, 6.07) is 16.3. The molecule has 0 radical (unpaired) electrons. The van der Waals surface area contributed by atoms with Crippen molar-refractivity contribution in [3.63, 3.8) is 0 Å². The molecule has 0 spiro atoms. The zero-order chi connectivity index (χ0) is 19.1. The fourth-order valence-electron chi connectivity index (χ4n) is 3.45. The van der Waals surface area contributed by atoms with Crippen molar-refractivity contribution in [1.29, 1.82) is 0 Å². The molecule has 4 heteroatoms. The van der Waals surface area contributed by atoms with Crippen molar-refractivity contribution in [2.45, 2.75) is 25.8 Å². The molecule has 27 heavy (non-hydrogen) atoms. The number of fused-ring (bicyclic) bond motifs is 1. The van der Waals surface area contributed by atoms with Crippen molar-refractivity contribution < 1.29 is 9.53 Å². The van der Waals surface area contributed by atoms with E-state index in [1.807, 2.05) is 43.3 Å². The van der Waals surface area contributed by atoms with E-state index in [0.717, 1.165) is 37.2 Å². The molecule has 0 saturated heterocycles. The number of ether oxygens (including phenoxy) is 1. The van der Waals surface area contributed by atoms with Crippen LogP contribution in [0.25, 0.3) is 6.08 Å². The molecule has 1 atom stereocenters. The van der Waals surface area contributed by atoms with E-state index in [1.54, 1.807) is 13.2 Å². The highest BCUT2D eigenvalue weighted by Gasteiger charge is 2.18. The molecule has 1 N–H and O–H groups in total. The maximum atomic E-state index is 12.3. The summed E-state index contributed by atoms with van der Waals surface area (Å²) >= 11 is 0. The Balaban J connectivity index is 1.67. The van der Waals surface area contributed by atoms with Crippen LogP contribution >= 0.6 is 0 Å². The Morgan fingerprint density at radius 2 is 2.07 bits per heavy atom. The van der Waals surface area contributed by atoms with Crippen LogP contribution in [0.5, 0.6) is 0 Å². The molecule has 142 valence electrons. The van der Waals surface area contributed by atoms with E-state index in [9.17, 15) is 4.79 Å². The molecule has 0 fully saturated rings. The highest BCUT2D eigenvalue weighted by molar-refractivity contribution is 5.92. The molecule has 2 aromatic rings. The van der Waals surface area contributed by atoms with Gasteiger partial charge >= 0.3 is 0 Å². The largest absolute Gasteiger partial charge is 0.383 e. The first-order chi connectivity index (χ1) is 13.2. The van der Waals surface area contributed by atoms with Crippen LogP contribution in [0, 0.1) is 0 Å². The lowest BCUT2D eigenvalue weighted by Gasteiger charge is -2.32. The van der Waals surface area contributed by atoms with Gasteiger partial charge in [-0.1, -0.05) is 42.5 Å². The molecular formula is C23H28N2O2. The van der Waals surface area contributed by atoms with Crippen molar-refractivity contribution in [3.05, 3.63) is 71.3 Å². The molecule has 1 aliphatic heterocycles. The second-order valence-corrected chi connectivity index (χ2v) is 6.95. The zero-order valence-corrected chi connectivity index (χ0v) is 16.2. The molecule has 1 unspecified atom stereocenters. The number of anilines is 1. The Kier molecular flexibility index (Phi) is 6.66. The molecule has 1 heterocycles. The molecule has 3 rings (SSSR count). The third-order valence-corrected chi connectivity index (χ3v) is 4.98. The summed E-state index contributed by atoms with van der Waals surface area (Å²) < 4.78 is 5.25. The molecule has 1 aliphatic rings. The van der Waals surface area contributed by atoms with Gasteiger partial charge in [0.05, 0.1) is 12.6 Å². The second kappa shape index (κ2) is 9.38. The quantitative estimate of drug-likeness (QED) is 0.756. The van der Waals surface area contributed by atoms with Crippen LogP contribution in [-0.2, 0) is 16.0 Å². The van der Waals surface area contributed by atoms with Gasteiger partial charge in [0.15, 0.2) is 0 Å². The van der Waals surface area contributed by atoms with E-state index in [1.165, 1.54) is 17.7 Å². The van der Waals surface area contributed by atoms with Gasteiger partial charge in [-0.2, -0.15) is 0 Å². The van der Waals surface area contributed by atoms with Gasteiger partial charge in [0.2, 0.25) is 5.91 Å². The van der Waals surface area contributed by atoms with E-state index in [4.69, 9.17) is 4.74 Å². The number of carbonyl (C=O) groups excluding carboxylic acids is 1. The highest BCUT2D eigenvalue weighted by Crippen LogP contribution is 2.30. The van der Waals surface area contributed by atoms with E-state index in [-0.39, 0.29) is 11.9 Å². The first-order valence-corrected chi connectivity index (χ1v) is 9.57. The molecular weight excluding hydrogens is 336 g/mol. The molecule has 2 aromatic carbocycles. The van der Waals surface area contributed by atoms with Crippen molar-refractivity contribution >= 4 is 17.7 Å². The summed E-state index contributed by atoms with van der Waals surface area (Å²) in [7, 11) is 1.74. The number of hydrogen-bond donors (Lipinski definition) is 1. The van der Waals surface area contributed by atoms with Gasteiger partial charge in [0.1, 0.15) is 0 Å². The Morgan fingerprint density at radius 3 is 2.85 bits per heavy atom. The summed E-state index contributed by atoms with van der Waals surface area (Å²) in [6.45, 7) is 4.70. The van der Waals surface area contributed by atoms with Gasteiger partial charge < -0.3 is 15.0 Å². The van der Waals surface area contributed by atoms with Crippen molar-refractivity contribution in [2.75, 3.05) is 31.7 Å². The van der Waals surface area contributed by atoms with Crippen LogP contribution in [-0.4, -0.2) is 32.7 Å². The fourth-order valence-corrected chi connectivity index (χ4v) is 3.45. The summed E-state index contributed by atoms with van der Waals surface area (Å²) in [5.41, 5.74) is 4.79. The Labute approximate surface area is 161 Å². The first-order valence-electron chi connectivity index (χ1n) is 9.57. The minimum absolute atomic E-state index is 0.0468. The Hall–Kier alpha value is -2.59. The number of benzene rings is 2. The van der Waals surface area contributed by atoms with E-state index < -0.39 is 0 Å². The number of amides is 1. The fraction of sp³-hybridized carbons (Fsp3) is 0.348. The predicted molar refractivity (Wildman–Crippen MR) is 111 cm³/mol.